The van der Waals surface area contributed by atoms with E-state index in [1.165, 1.54) is 12.3 Å². The summed E-state index contributed by atoms with van der Waals surface area (Å²) in [6.45, 7) is 1.60. The third kappa shape index (κ3) is 3.47. The Bertz CT molecular complexity index is 368. The first kappa shape index (κ1) is 12.4. The molecule has 0 saturated carbocycles. The van der Waals surface area contributed by atoms with Gasteiger partial charge in [0.05, 0.1) is 0 Å². The van der Waals surface area contributed by atoms with Gasteiger partial charge in [0.1, 0.15) is 0 Å². The quantitative estimate of drug-likeness (QED) is 0.769. The molecule has 0 atom stereocenters. The lowest BCUT2D eigenvalue weighted by Gasteiger charge is -2.19. The van der Waals surface area contributed by atoms with E-state index in [0.717, 1.165) is 13.1 Å². The van der Waals surface area contributed by atoms with Gasteiger partial charge in [-0.2, -0.15) is 0 Å². The highest BCUT2D eigenvalue weighted by molar-refractivity contribution is 5.85. The van der Waals surface area contributed by atoms with Crippen molar-refractivity contribution in [3.05, 3.63) is 18.0 Å². The van der Waals surface area contributed by atoms with Gasteiger partial charge in [-0.05, 0) is 20.2 Å². The predicted octanol–water partition coefficient (Wildman–Crippen LogP) is 0.173. The first-order valence-corrected chi connectivity index (χ1v) is 4.93. The number of anilines is 1. The molecule has 6 heteroatoms. The van der Waals surface area contributed by atoms with Gasteiger partial charge in [-0.1, -0.05) is 0 Å². The van der Waals surface area contributed by atoms with Crippen LogP contribution in [-0.4, -0.2) is 60.2 Å². The van der Waals surface area contributed by atoms with Crippen LogP contribution in [0.15, 0.2) is 12.3 Å². The molecule has 6 nitrogen and oxygen atoms in total. The van der Waals surface area contributed by atoms with Crippen LogP contribution in [0, 0.1) is 0 Å². The number of likely N-dealkylation sites (N-methyl/N-ethyl adjacent to an activating group) is 2. The second-order valence-corrected chi connectivity index (χ2v) is 3.77. The van der Waals surface area contributed by atoms with E-state index >= 15 is 0 Å². The molecule has 0 radical (unpaired) electrons. The Labute approximate surface area is 94.5 Å². The summed E-state index contributed by atoms with van der Waals surface area (Å²) in [5.74, 6) is -0.605. The van der Waals surface area contributed by atoms with Crippen molar-refractivity contribution in [1.82, 2.24) is 14.9 Å². The number of hydrogen-bond donors (Lipinski definition) is 1. The van der Waals surface area contributed by atoms with Gasteiger partial charge >= 0.3 is 5.97 Å². The van der Waals surface area contributed by atoms with Gasteiger partial charge in [0.15, 0.2) is 5.69 Å². The van der Waals surface area contributed by atoms with Crippen LogP contribution < -0.4 is 4.90 Å². The summed E-state index contributed by atoms with van der Waals surface area (Å²) in [4.78, 5) is 22.6. The highest BCUT2D eigenvalue weighted by Crippen LogP contribution is 2.05. The Balaban J connectivity index is 2.71. The Morgan fingerprint density at radius 3 is 2.62 bits per heavy atom. The van der Waals surface area contributed by atoms with Crippen molar-refractivity contribution in [1.29, 1.82) is 0 Å². The van der Waals surface area contributed by atoms with Crippen LogP contribution in [0.2, 0.25) is 0 Å². The monoisotopic (exact) mass is 224 g/mol. The number of carboxylic acid groups (broad SMARTS) is 1. The molecule has 1 N–H and O–H groups in total. The average molecular weight is 224 g/mol. The maximum absolute atomic E-state index is 10.7. The summed E-state index contributed by atoms with van der Waals surface area (Å²) >= 11 is 0. The molecular weight excluding hydrogens is 208 g/mol. The molecule has 0 bridgehead atoms. The molecule has 1 aromatic heterocycles. The smallest absolute Gasteiger partial charge is 0.354 e. The molecule has 0 unspecified atom stereocenters. The van der Waals surface area contributed by atoms with Crippen molar-refractivity contribution in [3.8, 4) is 0 Å². The number of rotatable bonds is 5. The van der Waals surface area contributed by atoms with E-state index in [4.69, 9.17) is 5.11 Å². The average Bonchev–Trinajstić information content (AvgIpc) is 2.26. The zero-order valence-electron chi connectivity index (χ0n) is 9.71. The minimum Gasteiger partial charge on any atom is -0.477 e. The van der Waals surface area contributed by atoms with E-state index in [-0.39, 0.29) is 5.69 Å². The van der Waals surface area contributed by atoms with Crippen LogP contribution >= 0.6 is 0 Å². The van der Waals surface area contributed by atoms with Crippen molar-refractivity contribution < 1.29 is 9.90 Å². The van der Waals surface area contributed by atoms with E-state index in [0.29, 0.717) is 5.95 Å². The summed E-state index contributed by atoms with van der Waals surface area (Å²) in [6.07, 6.45) is 1.46. The van der Waals surface area contributed by atoms with E-state index in [1.807, 2.05) is 30.9 Å². The minimum atomic E-state index is -1.04. The lowest BCUT2D eigenvalue weighted by atomic mass is 10.4. The van der Waals surface area contributed by atoms with Gasteiger partial charge in [0.2, 0.25) is 5.95 Å². The van der Waals surface area contributed by atoms with Gasteiger partial charge in [0, 0.05) is 26.3 Å². The summed E-state index contributed by atoms with van der Waals surface area (Å²) < 4.78 is 0. The van der Waals surface area contributed by atoms with Crippen molar-refractivity contribution in [2.45, 2.75) is 0 Å². The van der Waals surface area contributed by atoms with Crippen molar-refractivity contribution in [2.24, 2.45) is 0 Å². The van der Waals surface area contributed by atoms with Crippen LogP contribution in [0.3, 0.4) is 0 Å². The van der Waals surface area contributed by atoms with E-state index < -0.39 is 5.97 Å². The molecule has 0 spiro atoms. The topological polar surface area (TPSA) is 69.6 Å². The Morgan fingerprint density at radius 1 is 1.38 bits per heavy atom. The number of nitrogens with zero attached hydrogens (tertiary/aromatic N) is 4. The third-order valence-electron chi connectivity index (χ3n) is 2.09. The Morgan fingerprint density at radius 2 is 2.06 bits per heavy atom. The van der Waals surface area contributed by atoms with Crippen LogP contribution in [0.1, 0.15) is 10.5 Å². The van der Waals surface area contributed by atoms with Crippen LogP contribution in [-0.2, 0) is 0 Å². The van der Waals surface area contributed by atoms with Crippen molar-refractivity contribution in [3.63, 3.8) is 0 Å². The molecule has 1 rings (SSSR count). The highest BCUT2D eigenvalue weighted by atomic mass is 16.4. The Kier molecular flexibility index (Phi) is 4.19. The predicted molar refractivity (Wildman–Crippen MR) is 60.8 cm³/mol. The number of hydrogen-bond acceptors (Lipinski definition) is 5. The maximum atomic E-state index is 10.7. The third-order valence-corrected chi connectivity index (χ3v) is 2.09. The van der Waals surface area contributed by atoms with E-state index in [9.17, 15) is 4.79 Å². The van der Waals surface area contributed by atoms with Gasteiger partial charge in [0.25, 0.3) is 0 Å². The zero-order chi connectivity index (χ0) is 12.1. The maximum Gasteiger partial charge on any atom is 0.354 e. The minimum absolute atomic E-state index is 0.0155. The highest BCUT2D eigenvalue weighted by Gasteiger charge is 2.09. The summed E-state index contributed by atoms with van der Waals surface area (Å²) in [7, 11) is 5.79. The molecular formula is C10H16N4O2. The van der Waals surface area contributed by atoms with Crippen LogP contribution in [0.5, 0.6) is 0 Å². The second kappa shape index (κ2) is 5.41. The molecule has 0 saturated heterocycles. The number of carboxylic acids is 1. The number of aromatic carboxylic acids is 1. The lowest BCUT2D eigenvalue weighted by molar-refractivity contribution is 0.0690. The van der Waals surface area contributed by atoms with E-state index in [2.05, 4.69) is 9.97 Å². The SMILES string of the molecule is CN(C)CCN(C)c1nccc(C(=O)O)n1. The largest absolute Gasteiger partial charge is 0.477 e. The fourth-order valence-corrected chi connectivity index (χ4v) is 1.10. The molecule has 88 valence electrons. The van der Waals surface area contributed by atoms with E-state index in [1.54, 1.807) is 0 Å². The van der Waals surface area contributed by atoms with Crippen LogP contribution in [0.25, 0.3) is 0 Å². The standard InChI is InChI=1S/C10H16N4O2/c1-13(2)6-7-14(3)10-11-5-4-8(12-10)9(15)16/h4-5H,6-7H2,1-3H3,(H,15,16). The molecule has 0 aliphatic rings. The molecule has 0 aromatic carbocycles. The summed E-state index contributed by atoms with van der Waals surface area (Å²) in [5.41, 5.74) is 0.0155. The zero-order valence-corrected chi connectivity index (χ0v) is 9.71. The van der Waals surface area contributed by atoms with Gasteiger partial charge in [-0.15, -0.1) is 0 Å². The molecule has 0 amide bonds. The first-order valence-electron chi connectivity index (χ1n) is 4.93. The van der Waals surface area contributed by atoms with Crippen molar-refractivity contribution >= 4 is 11.9 Å². The molecule has 16 heavy (non-hydrogen) atoms. The molecule has 0 aliphatic carbocycles. The normalized spacial score (nSPS) is 10.5. The molecule has 1 aromatic rings. The summed E-state index contributed by atoms with van der Waals surface area (Å²) in [6, 6.07) is 1.38. The Hall–Kier alpha value is -1.69. The van der Waals surface area contributed by atoms with Gasteiger partial charge in [-0.3, -0.25) is 0 Å². The number of carbonyl (C=O) groups is 1. The number of aromatic nitrogens is 2. The van der Waals surface area contributed by atoms with Gasteiger partial charge < -0.3 is 14.9 Å². The lowest BCUT2D eigenvalue weighted by Crippen LogP contribution is -2.29. The summed E-state index contributed by atoms with van der Waals surface area (Å²) in [5, 5.41) is 8.79. The molecule has 1 heterocycles. The fraction of sp³-hybridized carbons (Fsp3) is 0.500. The molecule has 0 fully saturated rings. The van der Waals surface area contributed by atoms with Crippen LogP contribution in [0.4, 0.5) is 5.95 Å². The first-order chi connectivity index (χ1) is 7.50. The second-order valence-electron chi connectivity index (χ2n) is 3.77. The fourth-order valence-electron chi connectivity index (χ4n) is 1.10. The molecule has 0 aliphatic heterocycles. The van der Waals surface area contributed by atoms with Gasteiger partial charge in [-0.25, -0.2) is 14.8 Å². The van der Waals surface area contributed by atoms with Crippen molar-refractivity contribution in [2.75, 3.05) is 39.1 Å².